The van der Waals surface area contributed by atoms with Gasteiger partial charge in [0, 0.05) is 13.1 Å². The van der Waals surface area contributed by atoms with Gasteiger partial charge in [-0.3, -0.25) is 24.7 Å². The van der Waals surface area contributed by atoms with Crippen molar-refractivity contribution in [1.82, 2.24) is 9.80 Å². The van der Waals surface area contributed by atoms with E-state index in [2.05, 4.69) is 5.32 Å². The molecule has 3 heterocycles. The standard InChI is InChI=1S/C26H23ClN4O4S.C2HF3O2/c27-21-10-9-20(36-21)24(32)29-19-8-4-7-18-23(19)26(34)31(25(18)33)14-16-5-3-6-17(13-16)35-15-22(28)30-11-1-2-12-30;3-2(4,5)1(6)7/h3-10,13,28H,1-2,11-12,14-15H2,(H,29,32);(H,6,7). The summed E-state index contributed by atoms with van der Waals surface area (Å²) < 4.78 is 38.0. The lowest BCUT2D eigenvalue weighted by atomic mass is 10.1. The molecule has 43 heavy (non-hydrogen) atoms. The average molecular weight is 637 g/mol. The number of halogens is 4. The van der Waals surface area contributed by atoms with Crippen LogP contribution in [0.25, 0.3) is 0 Å². The second-order valence-corrected chi connectivity index (χ2v) is 11.1. The van der Waals surface area contributed by atoms with Gasteiger partial charge in [0.05, 0.1) is 32.6 Å². The van der Waals surface area contributed by atoms with E-state index >= 15 is 0 Å². The Labute approximate surface area is 252 Å². The van der Waals surface area contributed by atoms with Gasteiger partial charge in [0.1, 0.15) is 18.2 Å². The first kappa shape index (κ1) is 31.5. The van der Waals surface area contributed by atoms with Crippen molar-refractivity contribution >= 4 is 58.2 Å². The van der Waals surface area contributed by atoms with Crippen LogP contribution in [-0.4, -0.2) is 70.3 Å². The molecule has 1 aromatic heterocycles. The van der Waals surface area contributed by atoms with E-state index in [1.54, 1.807) is 48.5 Å². The monoisotopic (exact) mass is 636 g/mol. The van der Waals surface area contributed by atoms with Gasteiger partial charge in [0.2, 0.25) is 0 Å². The van der Waals surface area contributed by atoms with Crippen LogP contribution in [0, 0.1) is 5.41 Å². The van der Waals surface area contributed by atoms with E-state index in [-0.39, 0.29) is 30.0 Å². The summed E-state index contributed by atoms with van der Waals surface area (Å²) in [6.45, 7) is 1.98. The van der Waals surface area contributed by atoms with Crippen molar-refractivity contribution in [1.29, 1.82) is 5.41 Å². The Morgan fingerprint density at radius 3 is 2.35 bits per heavy atom. The Bertz CT molecular complexity index is 1570. The summed E-state index contributed by atoms with van der Waals surface area (Å²) in [5, 5.41) is 18.1. The van der Waals surface area contributed by atoms with Gasteiger partial charge < -0.3 is 20.1 Å². The number of hydrogen-bond acceptors (Lipinski definition) is 7. The zero-order valence-corrected chi connectivity index (χ0v) is 23.8. The SMILES string of the molecule is N=C(COc1cccc(CN2C(=O)c3cccc(NC(=O)c4ccc(Cl)s4)c3C2=O)c1)N1CCCC1.O=C(O)C(F)(F)F. The molecule has 3 aromatic rings. The second-order valence-electron chi connectivity index (χ2n) is 9.36. The summed E-state index contributed by atoms with van der Waals surface area (Å²) in [6.07, 6.45) is -2.90. The quantitative estimate of drug-likeness (QED) is 0.176. The molecular weight excluding hydrogens is 613 g/mol. The molecule has 2 aliphatic rings. The molecule has 0 aliphatic carbocycles. The molecule has 1 fully saturated rings. The van der Waals surface area contributed by atoms with Crippen LogP contribution < -0.4 is 10.1 Å². The van der Waals surface area contributed by atoms with Crippen LogP contribution in [0.1, 0.15) is 48.8 Å². The van der Waals surface area contributed by atoms with E-state index in [0.29, 0.717) is 26.4 Å². The molecule has 5 rings (SSSR count). The molecular formula is C28H24ClF3N4O6S. The number of amidine groups is 1. The van der Waals surface area contributed by atoms with Crippen molar-refractivity contribution in [2.45, 2.75) is 25.6 Å². The number of likely N-dealkylation sites (tertiary alicyclic amines) is 1. The lowest BCUT2D eigenvalue weighted by molar-refractivity contribution is -0.192. The van der Waals surface area contributed by atoms with E-state index in [9.17, 15) is 27.6 Å². The summed E-state index contributed by atoms with van der Waals surface area (Å²) in [5.41, 5.74) is 1.41. The van der Waals surface area contributed by atoms with E-state index in [1.165, 1.54) is 0 Å². The number of fused-ring (bicyclic) bond motifs is 1. The first-order valence-corrected chi connectivity index (χ1v) is 13.9. The number of rotatable bonds is 7. The number of nitrogens with zero attached hydrogens (tertiary/aromatic N) is 2. The maximum atomic E-state index is 13.3. The Hall–Kier alpha value is -4.43. The zero-order chi connectivity index (χ0) is 31.3. The van der Waals surface area contributed by atoms with Crippen molar-refractivity contribution in [3.63, 3.8) is 0 Å². The topological polar surface area (TPSA) is 140 Å². The normalized spacial score (nSPS) is 14.2. The average Bonchev–Trinajstić information content (AvgIpc) is 3.70. The highest BCUT2D eigenvalue weighted by atomic mass is 35.5. The van der Waals surface area contributed by atoms with E-state index in [4.69, 9.17) is 31.6 Å². The molecule has 3 N–H and O–H groups in total. The first-order valence-electron chi connectivity index (χ1n) is 12.7. The summed E-state index contributed by atoms with van der Waals surface area (Å²) in [7, 11) is 0. The molecule has 10 nitrogen and oxygen atoms in total. The number of carboxylic acids is 1. The van der Waals surface area contributed by atoms with Crippen molar-refractivity contribution in [3.8, 4) is 5.75 Å². The number of amides is 3. The highest BCUT2D eigenvalue weighted by Crippen LogP contribution is 2.32. The summed E-state index contributed by atoms with van der Waals surface area (Å²) in [6, 6.07) is 15.2. The van der Waals surface area contributed by atoms with Crippen molar-refractivity contribution in [3.05, 3.63) is 80.5 Å². The Morgan fingerprint density at radius 2 is 1.72 bits per heavy atom. The molecule has 226 valence electrons. The number of carboxylic acid groups (broad SMARTS) is 1. The van der Waals surface area contributed by atoms with E-state index in [0.717, 1.165) is 42.2 Å². The molecule has 0 saturated carbocycles. The Kier molecular flexibility index (Phi) is 9.71. The molecule has 0 spiro atoms. The fraction of sp³-hybridized carbons (Fsp3) is 0.250. The Morgan fingerprint density at radius 1 is 1.05 bits per heavy atom. The lowest BCUT2D eigenvalue weighted by Crippen LogP contribution is -2.31. The molecule has 0 atom stereocenters. The van der Waals surface area contributed by atoms with Gasteiger partial charge in [-0.2, -0.15) is 13.2 Å². The van der Waals surface area contributed by atoms with Crippen LogP contribution in [0.5, 0.6) is 5.75 Å². The van der Waals surface area contributed by atoms with Crippen LogP contribution in [0.3, 0.4) is 0 Å². The largest absolute Gasteiger partial charge is 0.490 e. The molecule has 1 saturated heterocycles. The van der Waals surface area contributed by atoms with Crippen molar-refractivity contribution in [2.75, 3.05) is 25.0 Å². The predicted octanol–water partition coefficient (Wildman–Crippen LogP) is 5.54. The van der Waals surface area contributed by atoms with E-state index in [1.807, 2.05) is 11.0 Å². The minimum atomic E-state index is -5.08. The van der Waals surface area contributed by atoms with Gasteiger partial charge in [-0.25, -0.2) is 4.79 Å². The summed E-state index contributed by atoms with van der Waals surface area (Å²) in [4.78, 5) is 51.4. The summed E-state index contributed by atoms with van der Waals surface area (Å²) in [5.74, 6) is -3.05. The molecule has 15 heteroatoms. The highest BCUT2D eigenvalue weighted by molar-refractivity contribution is 7.18. The third-order valence-corrected chi connectivity index (χ3v) is 7.62. The second kappa shape index (κ2) is 13.3. The number of alkyl halides is 3. The van der Waals surface area contributed by atoms with Gasteiger partial charge >= 0.3 is 12.1 Å². The highest BCUT2D eigenvalue weighted by Gasteiger charge is 2.39. The van der Waals surface area contributed by atoms with Crippen LogP contribution in [-0.2, 0) is 11.3 Å². The number of nitrogens with one attached hydrogen (secondary N) is 2. The van der Waals surface area contributed by atoms with Gasteiger partial charge in [0.15, 0.2) is 0 Å². The lowest BCUT2D eigenvalue weighted by Gasteiger charge is -2.19. The number of imide groups is 1. The van der Waals surface area contributed by atoms with Crippen molar-refractivity contribution in [2.24, 2.45) is 0 Å². The van der Waals surface area contributed by atoms with Gasteiger partial charge in [-0.15, -0.1) is 11.3 Å². The first-order chi connectivity index (χ1) is 20.3. The fourth-order valence-corrected chi connectivity index (χ4v) is 5.29. The molecule has 3 amide bonds. The van der Waals surface area contributed by atoms with Crippen LogP contribution >= 0.6 is 22.9 Å². The zero-order valence-electron chi connectivity index (χ0n) is 22.2. The predicted molar refractivity (Wildman–Crippen MR) is 152 cm³/mol. The number of aliphatic carboxylic acids is 1. The Balaban J connectivity index is 0.000000541. The van der Waals surface area contributed by atoms with E-state index < -0.39 is 29.9 Å². The maximum absolute atomic E-state index is 13.3. The molecule has 2 aliphatic heterocycles. The number of thiophene rings is 1. The summed E-state index contributed by atoms with van der Waals surface area (Å²) >= 11 is 7.06. The molecule has 0 radical (unpaired) electrons. The fourth-order valence-electron chi connectivity index (χ4n) is 4.35. The maximum Gasteiger partial charge on any atom is 0.490 e. The number of anilines is 1. The van der Waals surface area contributed by atoms with Gasteiger partial charge in [-0.05, 0) is 54.8 Å². The van der Waals surface area contributed by atoms with Crippen LogP contribution in [0.2, 0.25) is 4.34 Å². The number of hydrogen-bond donors (Lipinski definition) is 3. The third kappa shape index (κ3) is 7.70. The smallest absolute Gasteiger partial charge is 0.486 e. The molecule has 0 bridgehead atoms. The minimum absolute atomic E-state index is 0.0566. The van der Waals surface area contributed by atoms with Gasteiger partial charge in [0.25, 0.3) is 17.7 Å². The number of carbonyl (C=O) groups is 4. The van der Waals surface area contributed by atoms with Crippen LogP contribution in [0.15, 0.2) is 54.6 Å². The van der Waals surface area contributed by atoms with Crippen molar-refractivity contribution < 1.29 is 42.2 Å². The number of benzene rings is 2. The van der Waals surface area contributed by atoms with Crippen LogP contribution in [0.4, 0.5) is 18.9 Å². The number of carbonyl (C=O) groups excluding carboxylic acids is 3. The van der Waals surface area contributed by atoms with Gasteiger partial charge in [-0.1, -0.05) is 29.8 Å². The molecule has 2 aromatic carbocycles. The number of ether oxygens (including phenoxy) is 1. The minimum Gasteiger partial charge on any atom is -0.486 e. The molecule has 0 unspecified atom stereocenters. The third-order valence-electron chi connectivity index (χ3n) is 6.39.